The molecule has 1 aromatic heterocycles. The Kier molecular flexibility index (Phi) is 5.68. The number of ether oxygens (including phenoxy) is 1. The van der Waals surface area contributed by atoms with E-state index in [0.29, 0.717) is 0 Å². The van der Waals surface area contributed by atoms with Gasteiger partial charge in [-0.3, -0.25) is 0 Å². The highest BCUT2D eigenvalue weighted by Crippen LogP contribution is 2.13. The molecule has 0 amide bonds. The minimum absolute atomic E-state index is 0.00335. The fourth-order valence-electron chi connectivity index (χ4n) is 2.16. The van der Waals surface area contributed by atoms with Crippen molar-refractivity contribution in [2.75, 3.05) is 11.1 Å². The summed E-state index contributed by atoms with van der Waals surface area (Å²) in [5.41, 5.74) is 6.73. The van der Waals surface area contributed by atoms with Gasteiger partial charge in [-0.2, -0.15) is 15.0 Å². The first-order valence-corrected chi connectivity index (χ1v) is 8.02. The van der Waals surface area contributed by atoms with Crippen LogP contribution in [0.1, 0.15) is 11.4 Å². The molecule has 27 heavy (non-hydrogen) atoms. The van der Waals surface area contributed by atoms with Gasteiger partial charge in [0.2, 0.25) is 11.9 Å². The summed E-state index contributed by atoms with van der Waals surface area (Å²) in [6, 6.07) is 15.4. The smallest absolute Gasteiger partial charge is 0.331 e. The Bertz CT molecular complexity index is 963. The summed E-state index contributed by atoms with van der Waals surface area (Å²) >= 11 is 0. The van der Waals surface area contributed by atoms with Gasteiger partial charge in [0.25, 0.3) is 0 Å². The average molecular weight is 365 g/mol. The van der Waals surface area contributed by atoms with Crippen molar-refractivity contribution in [2.24, 2.45) is 0 Å². The van der Waals surface area contributed by atoms with Gasteiger partial charge in [0.1, 0.15) is 5.82 Å². The highest BCUT2D eigenvalue weighted by molar-refractivity contribution is 5.87. The first-order chi connectivity index (χ1) is 13.1. The molecule has 3 aromatic rings. The standard InChI is InChI=1S/C19H16FN5O2/c20-15-9-5-4-6-13(15)10-11-17(26)27-12-16-23-18(21)25-19(24-16)22-14-7-2-1-3-8-14/h1-11H,12H2,(H3,21,22,23,24,25)/b11-10+. The zero-order valence-electron chi connectivity index (χ0n) is 14.2. The maximum Gasteiger partial charge on any atom is 0.331 e. The molecule has 3 rings (SSSR count). The van der Waals surface area contributed by atoms with Crippen molar-refractivity contribution in [3.8, 4) is 0 Å². The van der Waals surface area contributed by atoms with Crippen LogP contribution in [0.2, 0.25) is 0 Å². The number of hydrogen-bond donors (Lipinski definition) is 2. The number of aromatic nitrogens is 3. The first kappa shape index (κ1) is 18.0. The average Bonchev–Trinajstić information content (AvgIpc) is 2.66. The van der Waals surface area contributed by atoms with Crippen molar-refractivity contribution in [3.05, 3.63) is 77.9 Å². The van der Waals surface area contributed by atoms with Gasteiger partial charge in [0, 0.05) is 17.3 Å². The zero-order chi connectivity index (χ0) is 19.1. The third kappa shape index (κ3) is 5.33. The van der Waals surface area contributed by atoms with Crippen LogP contribution in [0.4, 0.5) is 22.0 Å². The van der Waals surface area contributed by atoms with Gasteiger partial charge < -0.3 is 15.8 Å². The van der Waals surface area contributed by atoms with E-state index in [1.54, 1.807) is 18.2 Å². The molecule has 7 nitrogen and oxygen atoms in total. The van der Waals surface area contributed by atoms with Gasteiger partial charge in [0.15, 0.2) is 12.4 Å². The molecule has 0 bridgehead atoms. The second-order valence-electron chi connectivity index (χ2n) is 5.39. The lowest BCUT2D eigenvalue weighted by Crippen LogP contribution is -2.10. The van der Waals surface area contributed by atoms with Crippen LogP contribution in [0.3, 0.4) is 0 Å². The van der Waals surface area contributed by atoms with Crippen LogP contribution >= 0.6 is 0 Å². The number of esters is 1. The largest absolute Gasteiger partial charge is 0.454 e. The second kappa shape index (κ2) is 8.52. The molecule has 0 aliphatic rings. The van der Waals surface area contributed by atoms with Gasteiger partial charge in [-0.05, 0) is 24.3 Å². The summed E-state index contributed by atoms with van der Waals surface area (Å²) in [4.78, 5) is 23.9. The number of rotatable bonds is 6. The number of nitrogen functional groups attached to an aromatic ring is 1. The summed E-state index contributed by atoms with van der Waals surface area (Å²) < 4.78 is 18.6. The second-order valence-corrected chi connectivity index (χ2v) is 5.39. The Morgan fingerprint density at radius 3 is 2.59 bits per heavy atom. The fraction of sp³-hybridized carbons (Fsp3) is 0.0526. The molecule has 0 unspecified atom stereocenters. The Morgan fingerprint density at radius 1 is 1.07 bits per heavy atom. The van der Waals surface area contributed by atoms with E-state index in [9.17, 15) is 9.18 Å². The Hall–Kier alpha value is -3.81. The first-order valence-electron chi connectivity index (χ1n) is 8.02. The Morgan fingerprint density at radius 2 is 1.81 bits per heavy atom. The third-order valence-corrected chi connectivity index (χ3v) is 3.38. The Labute approximate surface area is 154 Å². The third-order valence-electron chi connectivity index (χ3n) is 3.38. The topological polar surface area (TPSA) is 103 Å². The van der Waals surface area contributed by atoms with E-state index < -0.39 is 11.8 Å². The predicted octanol–water partition coefficient (Wildman–Crippen LogP) is 3.09. The summed E-state index contributed by atoms with van der Waals surface area (Å²) in [6.45, 7) is -0.198. The van der Waals surface area contributed by atoms with E-state index in [1.165, 1.54) is 12.1 Å². The monoisotopic (exact) mass is 365 g/mol. The summed E-state index contributed by atoms with van der Waals surface area (Å²) in [5, 5.41) is 2.99. The van der Waals surface area contributed by atoms with E-state index >= 15 is 0 Å². The maximum absolute atomic E-state index is 13.5. The van der Waals surface area contributed by atoms with Gasteiger partial charge in [0.05, 0.1) is 0 Å². The number of para-hydroxylation sites is 1. The number of hydrogen-bond acceptors (Lipinski definition) is 7. The molecule has 2 aromatic carbocycles. The minimum Gasteiger partial charge on any atom is -0.454 e. The molecule has 0 fully saturated rings. The molecule has 1 heterocycles. The molecule has 3 N–H and O–H groups in total. The van der Waals surface area contributed by atoms with Gasteiger partial charge in [-0.15, -0.1) is 0 Å². The fourth-order valence-corrected chi connectivity index (χ4v) is 2.16. The SMILES string of the molecule is Nc1nc(COC(=O)/C=C/c2ccccc2F)nc(Nc2ccccc2)n1. The summed E-state index contributed by atoms with van der Waals surface area (Å²) in [5.74, 6) is -0.662. The van der Waals surface area contributed by atoms with E-state index in [4.69, 9.17) is 10.5 Å². The van der Waals surface area contributed by atoms with Crippen molar-refractivity contribution in [2.45, 2.75) is 6.61 Å². The van der Waals surface area contributed by atoms with Crippen molar-refractivity contribution >= 4 is 29.6 Å². The van der Waals surface area contributed by atoms with Crippen LogP contribution in [-0.4, -0.2) is 20.9 Å². The van der Waals surface area contributed by atoms with Crippen molar-refractivity contribution in [1.82, 2.24) is 15.0 Å². The highest BCUT2D eigenvalue weighted by atomic mass is 19.1. The molecule has 0 aliphatic carbocycles. The number of nitrogens with zero attached hydrogens (tertiary/aromatic N) is 3. The molecule has 8 heteroatoms. The number of carbonyl (C=O) groups excluding carboxylic acids is 1. The summed E-state index contributed by atoms with van der Waals surface area (Å²) in [6.07, 6.45) is 2.47. The number of benzene rings is 2. The van der Waals surface area contributed by atoms with Gasteiger partial charge in [-0.1, -0.05) is 36.4 Å². The molecule has 136 valence electrons. The van der Waals surface area contributed by atoms with Crippen molar-refractivity contribution < 1.29 is 13.9 Å². The quantitative estimate of drug-likeness (QED) is 0.511. The molecule has 0 radical (unpaired) electrons. The number of halogens is 1. The van der Waals surface area contributed by atoms with E-state index in [2.05, 4.69) is 20.3 Å². The van der Waals surface area contributed by atoms with E-state index in [0.717, 1.165) is 11.8 Å². The van der Waals surface area contributed by atoms with Gasteiger partial charge in [-0.25, -0.2) is 9.18 Å². The molecular formula is C19H16FN5O2. The summed E-state index contributed by atoms with van der Waals surface area (Å²) in [7, 11) is 0. The van der Waals surface area contributed by atoms with Crippen LogP contribution < -0.4 is 11.1 Å². The lowest BCUT2D eigenvalue weighted by atomic mass is 10.2. The molecule has 0 saturated heterocycles. The number of nitrogens with one attached hydrogen (secondary N) is 1. The minimum atomic E-state index is -0.658. The van der Waals surface area contributed by atoms with Crippen LogP contribution in [0, 0.1) is 5.82 Å². The molecular weight excluding hydrogens is 349 g/mol. The normalized spacial score (nSPS) is 10.7. The van der Waals surface area contributed by atoms with E-state index in [-0.39, 0.29) is 29.9 Å². The Balaban J connectivity index is 1.62. The highest BCUT2D eigenvalue weighted by Gasteiger charge is 2.07. The molecule has 0 saturated carbocycles. The van der Waals surface area contributed by atoms with Crippen molar-refractivity contribution in [3.63, 3.8) is 0 Å². The van der Waals surface area contributed by atoms with Gasteiger partial charge >= 0.3 is 5.97 Å². The molecule has 0 atom stereocenters. The van der Waals surface area contributed by atoms with Crippen LogP contribution in [0.5, 0.6) is 0 Å². The number of anilines is 3. The van der Waals surface area contributed by atoms with Crippen LogP contribution in [-0.2, 0) is 16.1 Å². The lowest BCUT2D eigenvalue weighted by molar-refractivity contribution is -0.139. The lowest BCUT2D eigenvalue weighted by Gasteiger charge is -2.07. The molecule has 0 spiro atoms. The predicted molar refractivity (Wildman–Crippen MR) is 99.2 cm³/mol. The van der Waals surface area contributed by atoms with Crippen LogP contribution in [0.25, 0.3) is 6.08 Å². The zero-order valence-corrected chi connectivity index (χ0v) is 14.2. The van der Waals surface area contributed by atoms with Crippen molar-refractivity contribution in [1.29, 1.82) is 0 Å². The van der Waals surface area contributed by atoms with Crippen LogP contribution in [0.15, 0.2) is 60.7 Å². The maximum atomic E-state index is 13.5. The molecule has 0 aliphatic heterocycles. The number of carbonyl (C=O) groups is 1. The van der Waals surface area contributed by atoms with E-state index in [1.807, 2.05) is 30.3 Å². The number of nitrogens with two attached hydrogens (primary N) is 1.